The van der Waals surface area contributed by atoms with E-state index in [0.717, 1.165) is 18.7 Å². The van der Waals surface area contributed by atoms with Gasteiger partial charge in [0.1, 0.15) is 29.4 Å². The zero-order valence-electron chi connectivity index (χ0n) is 25.5. The second kappa shape index (κ2) is 14.8. The third-order valence-corrected chi connectivity index (χ3v) is 9.29. The average molecular weight is 633 g/mol. The van der Waals surface area contributed by atoms with Crippen molar-refractivity contribution in [3.05, 3.63) is 70.7 Å². The SMILES string of the molecule is COc1ccc2ncc(CN3CCOCC3)c(C(F)CCC3(C(=O)NO)CCN(CCCc4c(F)cc(F)cc4F)CC3)c2c1. The highest BCUT2D eigenvalue weighted by Crippen LogP contribution is 2.42. The highest BCUT2D eigenvalue weighted by Gasteiger charge is 2.41. The molecule has 0 radical (unpaired) electrons. The highest BCUT2D eigenvalue weighted by atomic mass is 19.1. The fourth-order valence-electron chi connectivity index (χ4n) is 6.61. The van der Waals surface area contributed by atoms with Crippen molar-refractivity contribution < 1.29 is 37.0 Å². The number of alkyl halides is 1. The molecule has 244 valence electrons. The molecule has 0 spiro atoms. The number of morpholine rings is 1. The number of halogens is 4. The number of ether oxygens (including phenoxy) is 2. The summed E-state index contributed by atoms with van der Waals surface area (Å²) in [6.07, 6.45) is 1.92. The van der Waals surface area contributed by atoms with Gasteiger partial charge < -0.3 is 14.4 Å². The van der Waals surface area contributed by atoms with E-state index >= 15 is 4.39 Å². The maximum absolute atomic E-state index is 16.5. The normalized spacial score (nSPS) is 18.2. The molecule has 2 saturated heterocycles. The third-order valence-electron chi connectivity index (χ3n) is 9.29. The Morgan fingerprint density at radius 1 is 1.09 bits per heavy atom. The number of likely N-dealkylation sites (tertiary alicyclic amines) is 1. The molecule has 12 heteroatoms. The van der Waals surface area contributed by atoms with Gasteiger partial charge in [0.25, 0.3) is 0 Å². The Bertz CT molecular complexity index is 1460. The number of hydrogen-bond acceptors (Lipinski definition) is 7. The minimum Gasteiger partial charge on any atom is -0.497 e. The average Bonchev–Trinajstić information content (AvgIpc) is 3.05. The van der Waals surface area contributed by atoms with E-state index in [9.17, 15) is 23.2 Å². The Morgan fingerprint density at radius 2 is 1.80 bits per heavy atom. The summed E-state index contributed by atoms with van der Waals surface area (Å²) >= 11 is 0. The summed E-state index contributed by atoms with van der Waals surface area (Å²) < 4.78 is 68.7. The van der Waals surface area contributed by atoms with Crippen LogP contribution in [0.15, 0.2) is 36.5 Å². The Balaban J connectivity index is 1.27. The molecule has 1 amide bonds. The number of aromatic nitrogens is 1. The fourth-order valence-corrected chi connectivity index (χ4v) is 6.61. The number of rotatable bonds is 12. The van der Waals surface area contributed by atoms with Crippen LogP contribution in [-0.2, 0) is 22.5 Å². The number of hydroxylamine groups is 1. The van der Waals surface area contributed by atoms with E-state index in [1.54, 1.807) is 37.0 Å². The number of benzene rings is 2. The van der Waals surface area contributed by atoms with Gasteiger partial charge in [0.2, 0.25) is 5.91 Å². The van der Waals surface area contributed by atoms with Crippen molar-refractivity contribution in [1.82, 2.24) is 20.3 Å². The molecular weight excluding hydrogens is 592 g/mol. The summed E-state index contributed by atoms with van der Waals surface area (Å²) in [7, 11) is 1.56. The van der Waals surface area contributed by atoms with Crippen LogP contribution in [0.1, 0.15) is 55.0 Å². The lowest BCUT2D eigenvalue weighted by Gasteiger charge is -2.40. The fraction of sp³-hybridized carbons (Fsp3) is 0.515. The van der Waals surface area contributed by atoms with E-state index in [2.05, 4.69) is 14.8 Å². The van der Waals surface area contributed by atoms with E-state index in [-0.39, 0.29) is 24.8 Å². The largest absolute Gasteiger partial charge is 0.497 e. The molecule has 1 aromatic heterocycles. The molecule has 3 heterocycles. The standard InChI is InChI=1S/C33H40F4N4O4/c1-44-24-4-5-30-26(19-24)31(22(20-38-30)21-41-13-15-45-16-14-41)27(35)6-7-33(32(42)39-43)8-11-40(12-9-33)10-2-3-25-28(36)17-23(34)18-29(25)37/h4-5,17-20,27,43H,2-3,6-16,21H2,1H3,(H,39,42). The molecular formula is C33H40F4N4O4. The monoisotopic (exact) mass is 632 g/mol. The van der Waals surface area contributed by atoms with Crippen LogP contribution in [0.25, 0.3) is 10.9 Å². The molecule has 2 fully saturated rings. The number of carbonyl (C=O) groups is 1. The molecule has 2 N–H and O–H groups in total. The first-order chi connectivity index (χ1) is 21.7. The van der Waals surface area contributed by atoms with Crippen LogP contribution in [-0.4, -0.2) is 78.9 Å². The van der Waals surface area contributed by atoms with E-state index < -0.39 is 34.9 Å². The van der Waals surface area contributed by atoms with Crippen molar-refractivity contribution in [2.75, 3.05) is 53.0 Å². The Morgan fingerprint density at radius 3 is 2.47 bits per heavy atom. The Labute approximate surface area is 260 Å². The minimum absolute atomic E-state index is 0.0585. The second-order valence-corrected chi connectivity index (χ2v) is 12.0. The minimum atomic E-state index is -1.40. The summed E-state index contributed by atoms with van der Waals surface area (Å²) in [5.74, 6) is -2.71. The van der Waals surface area contributed by atoms with Gasteiger partial charge in [0.05, 0.1) is 31.3 Å². The summed E-state index contributed by atoms with van der Waals surface area (Å²) in [5, 5.41) is 10.3. The number of methoxy groups -OCH3 is 1. The van der Waals surface area contributed by atoms with Gasteiger partial charge in [-0.2, -0.15) is 0 Å². The van der Waals surface area contributed by atoms with Crippen molar-refractivity contribution in [1.29, 1.82) is 0 Å². The molecule has 1 unspecified atom stereocenters. The number of amides is 1. The number of piperidine rings is 1. The predicted molar refractivity (Wildman–Crippen MR) is 160 cm³/mol. The van der Waals surface area contributed by atoms with E-state index in [1.807, 2.05) is 0 Å². The number of nitrogens with one attached hydrogen (secondary N) is 1. The molecule has 2 aromatic carbocycles. The van der Waals surface area contributed by atoms with Crippen LogP contribution < -0.4 is 10.2 Å². The molecule has 3 aromatic rings. The first-order valence-electron chi connectivity index (χ1n) is 15.4. The summed E-state index contributed by atoms with van der Waals surface area (Å²) in [6.45, 7) is 4.72. The Hall–Kier alpha value is -3.32. The van der Waals surface area contributed by atoms with Crippen molar-refractivity contribution >= 4 is 16.8 Å². The molecule has 5 rings (SSSR count). The van der Waals surface area contributed by atoms with Crippen molar-refractivity contribution in [2.45, 2.75) is 51.2 Å². The zero-order chi connectivity index (χ0) is 32.0. The summed E-state index contributed by atoms with van der Waals surface area (Å²) in [5.41, 5.74) is 2.63. The lowest BCUT2D eigenvalue weighted by Crippen LogP contribution is -2.48. The van der Waals surface area contributed by atoms with E-state index in [4.69, 9.17) is 9.47 Å². The van der Waals surface area contributed by atoms with Gasteiger partial charge >= 0.3 is 0 Å². The van der Waals surface area contributed by atoms with Gasteiger partial charge in [-0.1, -0.05) is 0 Å². The maximum Gasteiger partial charge on any atom is 0.249 e. The van der Waals surface area contributed by atoms with Gasteiger partial charge in [-0.15, -0.1) is 0 Å². The van der Waals surface area contributed by atoms with Crippen LogP contribution in [0.3, 0.4) is 0 Å². The van der Waals surface area contributed by atoms with Crippen molar-refractivity contribution in [3.63, 3.8) is 0 Å². The summed E-state index contributed by atoms with van der Waals surface area (Å²) in [4.78, 5) is 21.9. The lowest BCUT2D eigenvalue weighted by atomic mass is 9.73. The van der Waals surface area contributed by atoms with Gasteiger partial charge in [-0.05, 0) is 81.9 Å². The number of nitrogens with zero attached hydrogens (tertiary/aromatic N) is 3. The predicted octanol–water partition coefficient (Wildman–Crippen LogP) is 5.50. The molecule has 2 aliphatic heterocycles. The number of fused-ring (bicyclic) bond motifs is 1. The molecule has 0 bridgehead atoms. The Kier molecular flexibility index (Phi) is 10.9. The maximum atomic E-state index is 16.5. The first-order valence-corrected chi connectivity index (χ1v) is 15.4. The lowest BCUT2D eigenvalue weighted by molar-refractivity contribution is -0.143. The van der Waals surface area contributed by atoms with Crippen LogP contribution in [0.2, 0.25) is 0 Å². The number of hydrogen-bond donors (Lipinski definition) is 2. The zero-order valence-corrected chi connectivity index (χ0v) is 25.5. The quantitative estimate of drug-likeness (QED) is 0.155. The van der Waals surface area contributed by atoms with Gasteiger partial charge in [0, 0.05) is 54.5 Å². The second-order valence-electron chi connectivity index (χ2n) is 12.0. The third kappa shape index (κ3) is 7.74. The van der Waals surface area contributed by atoms with Crippen LogP contribution in [0.5, 0.6) is 5.75 Å². The van der Waals surface area contributed by atoms with Crippen LogP contribution in [0.4, 0.5) is 17.6 Å². The highest BCUT2D eigenvalue weighted by molar-refractivity contribution is 5.85. The molecule has 8 nitrogen and oxygen atoms in total. The van der Waals surface area contributed by atoms with Gasteiger partial charge in [0.15, 0.2) is 0 Å². The van der Waals surface area contributed by atoms with Crippen LogP contribution in [0, 0.1) is 22.9 Å². The summed E-state index contributed by atoms with van der Waals surface area (Å²) in [6, 6.07) is 6.74. The molecule has 1 atom stereocenters. The molecule has 0 aliphatic carbocycles. The topological polar surface area (TPSA) is 87.2 Å². The molecule has 2 aliphatic rings. The van der Waals surface area contributed by atoms with E-state index in [0.29, 0.717) is 93.0 Å². The van der Waals surface area contributed by atoms with Gasteiger partial charge in [-0.25, -0.2) is 23.0 Å². The van der Waals surface area contributed by atoms with E-state index in [1.165, 1.54) is 0 Å². The van der Waals surface area contributed by atoms with Gasteiger partial charge in [-0.3, -0.25) is 19.9 Å². The number of pyridine rings is 1. The molecule has 0 saturated carbocycles. The number of carbonyl (C=O) groups excluding carboxylic acids is 1. The first kappa shape index (κ1) is 33.1. The van der Waals surface area contributed by atoms with Crippen molar-refractivity contribution in [3.8, 4) is 5.75 Å². The van der Waals surface area contributed by atoms with Crippen molar-refractivity contribution in [2.24, 2.45) is 5.41 Å². The smallest absolute Gasteiger partial charge is 0.249 e. The molecule has 45 heavy (non-hydrogen) atoms. The van der Waals surface area contributed by atoms with Crippen LogP contribution >= 0.6 is 0 Å².